The fourth-order valence-electron chi connectivity index (χ4n) is 2.30. The number of unbranched alkanes of at least 4 members (excludes halogenated alkanes) is 2. The number of hydrogen-bond donors (Lipinski definition) is 3. The molecular formula is C15H22N4O. The molecule has 0 amide bonds. The molecule has 0 fully saturated rings. The molecule has 1 atom stereocenters. The van der Waals surface area contributed by atoms with Crippen molar-refractivity contribution in [2.75, 3.05) is 11.1 Å². The van der Waals surface area contributed by atoms with E-state index in [0.29, 0.717) is 22.6 Å². The van der Waals surface area contributed by atoms with Crippen molar-refractivity contribution in [2.45, 2.75) is 45.6 Å². The first-order chi connectivity index (χ1) is 9.61. The molecule has 108 valence electrons. The molecule has 0 aliphatic heterocycles. The van der Waals surface area contributed by atoms with Gasteiger partial charge in [-0.3, -0.25) is 4.79 Å². The van der Waals surface area contributed by atoms with Crippen LogP contribution in [0.25, 0.3) is 10.9 Å². The zero-order chi connectivity index (χ0) is 14.5. The molecule has 4 N–H and O–H groups in total. The number of nitrogen functional groups attached to an aromatic ring is 1. The molecule has 2 aromatic rings. The lowest BCUT2D eigenvalue weighted by atomic mass is 10.1. The number of H-pyrrole nitrogens is 1. The zero-order valence-corrected chi connectivity index (χ0v) is 12.1. The SMILES string of the molecule is CCCCCC(C)Nc1cc2nc[nH]c(=O)c2cc1N. The van der Waals surface area contributed by atoms with Gasteiger partial charge < -0.3 is 16.0 Å². The lowest BCUT2D eigenvalue weighted by Gasteiger charge is -2.17. The predicted molar refractivity (Wildman–Crippen MR) is 84.0 cm³/mol. The third-order valence-corrected chi connectivity index (χ3v) is 3.45. The van der Waals surface area contributed by atoms with Crippen LogP contribution in [0.3, 0.4) is 0 Å². The molecule has 0 bridgehead atoms. The van der Waals surface area contributed by atoms with Crippen LogP contribution in [0.15, 0.2) is 23.3 Å². The van der Waals surface area contributed by atoms with Crippen LogP contribution in [0.2, 0.25) is 0 Å². The van der Waals surface area contributed by atoms with E-state index in [2.05, 4.69) is 29.1 Å². The smallest absolute Gasteiger partial charge is 0.258 e. The number of nitrogens with two attached hydrogens (primary N) is 1. The summed E-state index contributed by atoms with van der Waals surface area (Å²) >= 11 is 0. The maximum absolute atomic E-state index is 11.7. The summed E-state index contributed by atoms with van der Waals surface area (Å²) in [5.41, 5.74) is 7.94. The molecule has 1 unspecified atom stereocenters. The van der Waals surface area contributed by atoms with E-state index < -0.39 is 0 Å². The van der Waals surface area contributed by atoms with Crippen LogP contribution in [0.1, 0.15) is 39.5 Å². The number of benzene rings is 1. The van der Waals surface area contributed by atoms with Crippen molar-refractivity contribution in [3.63, 3.8) is 0 Å². The molecule has 5 nitrogen and oxygen atoms in total. The quantitative estimate of drug-likeness (QED) is 0.558. The Balaban J connectivity index is 2.18. The summed E-state index contributed by atoms with van der Waals surface area (Å²) in [7, 11) is 0. The fraction of sp³-hybridized carbons (Fsp3) is 0.467. The first-order valence-electron chi connectivity index (χ1n) is 7.15. The van der Waals surface area contributed by atoms with Crippen LogP contribution < -0.4 is 16.6 Å². The van der Waals surface area contributed by atoms with Gasteiger partial charge in [0.25, 0.3) is 5.56 Å². The van der Waals surface area contributed by atoms with Crippen molar-refractivity contribution in [2.24, 2.45) is 0 Å². The molecule has 0 saturated heterocycles. The van der Waals surface area contributed by atoms with Crippen LogP contribution >= 0.6 is 0 Å². The summed E-state index contributed by atoms with van der Waals surface area (Å²) < 4.78 is 0. The maximum atomic E-state index is 11.7. The highest BCUT2D eigenvalue weighted by Crippen LogP contribution is 2.24. The Morgan fingerprint density at radius 2 is 2.20 bits per heavy atom. The molecule has 0 aliphatic carbocycles. The Morgan fingerprint density at radius 3 is 2.95 bits per heavy atom. The van der Waals surface area contributed by atoms with E-state index in [1.807, 2.05) is 6.07 Å². The van der Waals surface area contributed by atoms with E-state index in [0.717, 1.165) is 12.1 Å². The molecule has 0 spiro atoms. The number of rotatable bonds is 6. The van der Waals surface area contributed by atoms with Gasteiger partial charge in [-0.1, -0.05) is 26.2 Å². The van der Waals surface area contributed by atoms with Gasteiger partial charge in [-0.2, -0.15) is 0 Å². The zero-order valence-electron chi connectivity index (χ0n) is 12.1. The van der Waals surface area contributed by atoms with E-state index in [9.17, 15) is 4.79 Å². The lowest BCUT2D eigenvalue weighted by molar-refractivity contribution is 0.615. The summed E-state index contributed by atoms with van der Waals surface area (Å²) in [4.78, 5) is 18.4. The van der Waals surface area contributed by atoms with Gasteiger partial charge in [-0.25, -0.2) is 4.98 Å². The molecule has 20 heavy (non-hydrogen) atoms. The normalized spacial score (nSPS) is 12.5. The standard InChI is InChI=1S/C15H22N4O/c1-3-4-5-6-10(2)19-14-8-13-11(7-12(14)16)15(20)18-9-17-13/h7-10,19H,3-6,16H2,1-2H3,(H,17,18,20). The van der Waals surface area contributed by atoms with Crippen molar-refractivity contribution in [3.05, 3.63) is 28.8 Å². The van der Waals surface area contributed by atoms with Crippen molar-refractivity contribution in [1.29, 1.82) is 0 Å². The van der Waals surface area contributed by atoms with Gasteiger partial charge in [0.15, 0.2) is 0 Å². The first-order valence-corrected chi connectivity index (χ1v) is 7.15. The molecule has 0 aliphatic rings. The summed E-state index contributed by atoms with van der Waals surface area (Å²) in [6.07, 6.45) is 6.19. The number of fused-ring (bicyclic) bond motifs is 1. The minimum atomic E-state index is -0.163. The number of aromatic nitrogens is 2. The van der Waals surface area contributed by atoms with Gasteiger partial charge in [-0.05, 0) is 25.5 Å². The minimum absolute atomic E-state index is 0.163. The van der Waals surface area contributed by atoms with Crippen molar-refractivity contribution in [3.8, 4) is 0 Å². The summed E-state index contributed by atoms with van der Waals surface area (Å²) in [5.74, 6) is 0. The fourth-order valence-corrected chi connectivity index (χ4v) is 2.30. The summed E-state index contributed by atoms with van der Waals surface area (Å²) in [6, 6.07) is 3.88. The van der Waals surface area contributed by atoms with Crippen LogP contribution in [0.4, 0.5) is 11.4 Å². The third kappa shape index (κ3) is 3.29. The first kappa shape index (κ1) is 14.4. The topological polar surface area (TPSA) is 83.8 Å². The number of aromatic amines is 1. The number of anilines is 2. The average Bonchev–Trinajstić information content (AvgIpc) is 2.41. The van der Waals surface area contributed by atoms with Gasteiger partial charge in [-0.15, -0.1) is 0 Å². The molecule has 1 heterocycles. The van der Waals surface area contributed by atoms with Crippen LogP contribution in [0, 0.1) is 0 Å². The molecule has 0 saturated carbocycles. The Kier molecular flexibility index (Phi) is 4.61. The molecule has 5 heteroatoms. The number of nitrogens with one attached hydrogen (secondary N) is 2. The van der Waals surface area contributed by atoms with Crippen LogP contribution in [-0.2, 0) is 0 Å². The highest BCUT2D eigenvalue weighted by Gasteiger charge is 2.08. The van der Waals surface area contributed by atoms with Gasteiger partial charge in [0.1, 0.15) is 0 Å². The second kappa shape index (κ2) is 6.41. The van der Waals surface area contributed by atoms with Crippen molar-refractivity contribution in [1.82, 2.24) is 9.97 Å². The average molecular weight is 274 g/mol. The van der Waals surface area contributed by atoms with E-state index in [1.54, 1.807) is 6.07 Å². The Morgan fingerprint density at radius 1 is 1.40 bits per heavy atom. The Labute approximate surface area is 118 Å². The second-order valence-corrected chi connectivity index (χ2v) is 5.23. The Hall–Kier alpha value is -2.04. The number of nitrogens with zero attached hydrogens (tertiary/aromatic N) is 1. The van der Waals surface area contributed by atoms with Crippen molar-refractivity contribution >= 4 is 22.3 Å². The van der Waals surface area contributed by atoms with Gasteiger partial charge in [0.05, 0.1) is 28.6 Å². The maximum Gasteiger partial charge on any atom is 0.258 e. The minimum Gasteiger partial charge on any atom is -0.397 e. The largest absolute Gasteiger partial charge is 0.397 e. The van der Waals surface area contributed by atoms with Crippen LogP contribution in [0.5, 0.6) is 0 Å². The van der Waals surface area contributed by atoms with E-state index in [4.69, 9.17) is 5.73 Å². The number of hydrogen-bond acceptors (Lipinski definition) is 4. The van der Waals surface area contributed by atoms with Crippen LogP contribution in [-0.4, -0.2) is 16.0 Å². The van der Waals surface area contributed by atoms with Crippen molar-refractivity contribution < 1.29 is 0 Å². The predicted octanol–water partition coefficient (Wildman–Crippen LogP) is 2.89. The monoisotopic (exact) mass is 274 g/mol. The molecule has 2 rings (SSSR count). The highest BCUT2D eigenvalue weighted by atomic mass is 16.1. The summed E-state index contributed by atoms with van der Waals surface area (Å²) in [5, 5.41) is 3.93. The lowest BCUT2D eigenvalue weighted by Crippen LogP contribution is -2.16. The molecule has 1 aromatic heterocycles. The van der Waals surface area contributed by atoms with Gasteiger partial charge in [0, 0.05) is 6.04 Å². The summed E-state index contributed by atoms with van der Waals surface area (Å²) in [6.45, 7) is 4.34. The van der Waals surface area contributed by atoms with Gasteiger partial charge in [0.2, 0.25) is 0 Å². The molecule has 1 aromatic carbocycles. The van der Waals surface area contributed by atoms with E-state index in [-0.39, 0.29) is 5.56 Å². The second-order valence-electron chi connectivity index (χ2n) is 5.23. The Bertz CT molecular complexity index is 635. The molecule has 0 radical (unpaired) electrons. The van der Waals surface area contributed by atoms with E-state index in [1.165, 1.54) is 25.6 Å². The third-order valence-electron chi connectivity index (χ3n) is 3.45. The highest BCUT2D eigenvalue weighted by molar-refractivity contribution is 5.88. The van der Waals surface area contributed by atoms with E-state index >= 15 is 0 Å². The van der Waals surface area contributed by atoms with Gasteiger partial charge >= 0.3 is 0 Å². The molecular weight excluding hydrogens is 252 g/mol.